The number of carboxylic acids is 1. The molecule has 4 nitrogen and oxygen atoms in total. The van der Waals surface area contributed by atoms with Gasteiger partial charge in [-0.05, 0) is 30.2 Å². The maximum absolute atomic E-state index is 12.0. The minimum Gasteiger partial charge on any atom is -0.493 e. The van der Waals surface area contributed by atoms with Crippen LogP contribution in [0.3, 0.4) is 0 Å². The molecule has 2 aromatic carbocycles. The van der Waals surface area contributed by atoms with E-state index in [9.17, 15) is 9.90 Å². The molecule has 0 amide bonds. The molecular formula is C31H44O4. The minimum atomic E-state index is -0.962. The van der Waals surface area contributed by atoms with Crippen molar-refractivity contribution in [1.29, 1.82) is 0 Å². The van der Waals surface area contributed by atoms with Gasteiger partial charge in [0, 0.05) is 12.0 Å². The lowest BCUT2D eigenvalue weighted by Gasteiger charge is -2.23. The van der Waals surface area contributed by atoms with Crippen LogP contribution in [0.5, 0.6) is 17.2 Å². The predicted octanol–water partition coefficient (Wildman–Crippen LogP) is 9.33. The Kier molecular flexibility index (Phi) is 12.0. The van der Waals surface area contributed by atoms with Gasteiger partial charge in [-0.3, -0.25) is 0 Å². The van der Waals surface area contributed by atoms with E-state index in [0.29, 0.717) is 30.1 Å². The molecule has 1 N–H and O–H groups in total. The normalized spacial score (nSPS) is 12.0. The lowest BCUT2D eigenvalue weighted by molar-refractivity contribution is 0.0690. The van der Waals surface area contributed by atoms with Gasteiger partial charge >= 0.3 is 5.97 Å². The SMILES string of the molecule is CCCCCCCCCCCCCCCCCOc1ccc2c(c1C(=O)O)Cc1ccccc1O2. The summed E-state index contributed by atoms with van der Waals surface area (Å²) >= 11 is 0. The van der Waals surface area contributed by atoms with Gasteiger partial charge < -0.3 is 14.6 Å². The second-order valence-electron chi connectivity index (χ2n) is 9.91. The van der Waals surface area contributed by atoms with E-state index in [4.69, 9.17) is 9.47 Å². The molecule has 0 saturated carbocycles. The first-order valence-corrected chi connectivity index (χ1v) is 14.0. The number of aromatic carboxylic acids is 1. The van der Waals surface area contributed by atoms with Crippen LogP contribution < -0.4 is 9.47 Å². The van der Waals surface area contributed by atoms with Crippen LogP contribution in [-0.2, 0) is 6.42 Å². The molecule has 0 aromatic heterocycles. The second kappa shape index (κ2) is 15.5. The molecule has 0 spiro atoms. The van der Waals surface area contributed by atoms with Crippen LogP contribution in [0.25, 0.3) is 0 Å². The van der Waals surface area contributed by atoms with Crippen molar-refractivity contribution in [2.24, 2.45) is 0 Å². The maximum Gasteiger partial charge on any atom is 0.339 e. The van der Waals surface area contributed by atoms with Crippen LogP contribution in [0.4, 0.5) is 0 Å². The minimum absolute atomic E-state index is 0.234. The average molecular weight is 481 g/mol. The van der Waals surface area contributed by atoms with E-state index in [2.05, 4.69) is 6.92 Å². The molecule has 4 heteroatoms. The highest BCUT2D eigenvalue weighted by Crippen LogP contribution is 2.41. The van der Waals surface area contributed by atoms with Crippen LogP contribution in [0.2, 0.25) is 0 Å². The summed E-state index contributed by atoms with van der Waals surface area (Å²) in [5.74, 6) is 0.893. The fraction of sp³-hybridized carbons (Fsp3) is 0.581. The Labute approximate surface area is 212 Å². The highest BCUT2D eigenvalue weighted by atomic mass is 16.5. The molecule has 0 atom stereocenters. The van der Waals surface area contributed by atoms with Gasteiger partial charge in [-0.1, -0.05) is 115 Å². The number of hydrogen-bond acceptors (Lipinski definition) is 3. The highest BCUT2D eigenvalue weighted by molar-refractivity contribution is 5.94. The summed E-state index contributed by atoms with van der Waals surface area (Å²) in [6, 6.07) is 11.3. The van der Waals surface area contributed by atoms with E-state index in [1.165, 1.54) is 83.5 Å². The zero-order valence-corrected chi connectivity index (χ0v) is 21.7. The summed E-state index contributed by atoms with van der Waals surface area (Å²) in [5.41, 5.74) is 1.94. The number of fused-ring (bicyclic) bond motifs is 2. The molecule has 1 aliphatic heterocycles. The van der Waals surface area contributed by atoms with E-state index in [-0.39, 0.29) is 5.56 Å². The van der Waals surface area contributed by atoms with E-state index < -0.39 is 5.97 Å². The van der Waals surface area contributed by atoms with E-state index in [1.54, 1.807) is 6.07 Å². The number of benzene rings is 2. The van der Waals surface area contributed by atoms with Crippen LogP contribution in [0.15, 0.2) is 36.4 Å². The highest BCUT2D eigenvalue weighted by Gasteiger charge is 2.26. The molecule has 0 aliphatic carbocycles. The second-order valence-corrected chi connectivity index (χ2v) is 9.91. The summed E-state index contributed by atoms with van der Waals surface area (Å²) in [4.78, 5) is 12.0. The van der Waals surface area contributed by atoms with Crippen LogP contribution in [0.1, 0.15) is 125 Å². The third-order valence-electron chi connectivity index (χ3n) is 7.01. The number of rotatable bonds is 18. The summed E-state index contributed by atoms with van der Waals surface area (Å²) in [6.07, 6.45) is 20.4. The third-order valence-corrected chi connectivity index (χ3v) is 7.01. The molecule has 2 aromatic rings. The molecule has 1 heterocycles. The van der Waals surface area contributed by atoms with Gasteiger partial charge in [0.2, 0.25) is 0 Å². The number of hydrogen-bond donors (Lipinski definition) is 1. The number of carboxylic acid groups (broad SMARTS) is 1. The molecule has 0 radical (unpaired) electrons. The van der Waals surface area contributed by atoms with Crippen molar-refractivity contribution in [2.75, 3.05) is 6.61 Å². The molecule has 0 bridgehead atoms. The smallest absolute Gasteiger partial charge is 0.339 e. The number of carbonyl (C=O) groups is 1. The number of ether oxygens (including phenoxy) is 2. The van der Waals surface area contributed by atoms with Crippen molar-refractivity contribution < 1.29 is 19.4 Å². The zero-order chi connectivity index (χ0) is 24.7. The standard InChI is InChI=1S/C31H44O4/c1-2-3-4-5-6-7-8-9-10-11-12-13-14-15-18-23-34-29-22-21-28-26(30(29)31(32)33)24-25-19-16-17-20-27(25)35-28/h16-17,19-22H,2-15,18,23-24H2,1H3,(H,32,33). The fourth-order valence-electron chi connectivity index (χ4n) is 4.95. The van der Waals surface area contributed by atoms with Gasteiger partial charge in [-0.15, -0.1) is 0 Å². The molecule has 3 rings (SSSR count). The summed E-state index contributed by atoms with van der Waals surface area (Å²) in [6.45, 7) is 2.82. The number of para-hydroxylation sites is 1. The van der Waals surface area contributed by atoms with E-state index in [0.717, 1.165) is 24.2 Å². The van der Waals surface area contributed by atoms with Crippen molar-refractivity contribution in [1.82, 2.24) is 0 Å². The largest absolute Gasteiger partial charge is 0.493 e. The first-order valence-electron chi connectivity index (χ1n) is 14.0. The Hall–Kier alpha value is -2.49. The van der Waals surface area contributed by atoms with Crippen molar-refractivity contribution in [3.63, 3.8) is 0 Å². The van der Waals surface area contributed by atoms with Gasteiger partial charge in [0.25, 0.3) is 0 Å². The molecular weight excluding hydrogens is 436 g/mol. The van der Waals surface area contributed by atoms with Crippen LogP contribution in [-0.4, -0.2) is 17.7 Å². The lowest BCUT2D eigenvalue weighted by atomic mass is 9.95. The molecule has 0 fully saturated rings. The molecule has 192 valence electrons. The first-order chi connectivity index (χ1) is 17.2. The Bertz CT molecular complexity index is 905. The first kappa shape index (κ1) is 27.1. The summed E-state index contributed by atoms with van der Waals surface area (Å²) in [5, 5.41) is 9.87. The Morgan fingerprint density at radius 1 is 0.771 bits per heavy atom. The molecule has 1 aliphatic rings. The van der Waals surface area contributed by atoms with Gasteiger partial charge in [0.15, 0.2) is 0 Å². The quantitative estimate of drug-likeness (QED) is 0.184. The number of unbranched alkanes of at least 4 members (excludes halogenated alkanes) is 14. The predicted molar refractivity (Wildman–Crippen MR) is 143 cm³/mol. The lowest BCUT2D eigenvalue weighted by Crippen LogP contribution is -2.12. The third kappa shape index (κ3) is 8.91. The Balaban J connectivity index is 1.27. The molecule has 0 unspecified atom stereocenters. The summed E-state index contributed by atoms with van der Waals surface area (Å²) in [7, 11) is 0. The fourth-order valence-corrected chi connectivity index (χ4v) is 4.95. The maximum atomic E-state index is 12.0. The Morgan fingerprint density at radius 2 is 1.34 bits per heavy atom. The van der Waals surface area contributed by atoms with Crippen molar-refractivity contribution in [3.05, 3.63) is 53.1 Å². The monoisotopic (exact) mass is 480 g/mol. The van der Waals surface area contributed by atoms with Crippen LogP contribution in [0, 0.1) is 0 Å². The van der Waals surface area contributed by atoms with Crippen LogP contribution >= 0.6 is 0 Å². The van der Waals surface area contributed by atoms with Crippen molar-refractivity contribution in [2.45, 2.75) is 110 Å². The molecule has 35 heavy (non-hydrogen) atoms. The van der Waals surface area contributed by atoms with Gasteiger partial charge in [0.1, 0.15) is 22.8 Å². The van der Waals surface area contributed by atoms with Crippen molar-refractivity contribution in [3.8, 4) is 17.2 Å². The van der Waals surface area contributed by atoms with E-state index >= 15 is 0 Å². The Morgan fingerprint density at radius 3 is 1.94 bits per heavy atom. The van der Waals surface area contributed by atoms with Gasteiger partial charge in [-0.2, -0.15) is 0 Å². The van der Waals surface area contributed by atoms with Gasteiger partial charge in [-0.25, -0.2) is 4.79 Å². The molecule has 0 saturated heterocycles. The topological polar surface area (TPSA) is 55.8 Å². The van der Waals surface area contributed by atoms with E-state index in [1.807, 2.05) is 30.3 Å². The average Bonchev–Trinajstić information content (AvgIpc) is 2.86. The zero-order valence-electron chi connectivity index (χ0n) is 21.7. The van der Waals surface area contributed by atoms with Crippen molar-refractivity contribution >= 4 is 5.97 Å². The van der Waals surface area contributed by atoms with Gasteiger partial charge in [0.05, 0.1) is 6.61 Å². The summed E-state index contributed by atoms with van der Waals surface area (Å²) < 4.78 is 11.9.